The first-order chi connectivity index (χ1) is 11.7. The zero-order valence-corrected chi connectivity index (χ0v) is 14.7. The van der Waals surface area contributed by atoms with Gasteiger partial charge in [-0.15, -0.1) is 0 Å². The van der Waals surface area contributed by atoms with Crippen molar-refractivity contribution in [2.24, 2.45) is 5.73 Å². The fraction of sp³-hybridized carbons (Fsp3) is 0.176. The van der Waals surface area contributed by atoms with Gasteiger partial charge in [0.25, 0.3) is 0 Å². The molecule has 7 nitrogen and oxygen atoms in total. The number of hydrogen-bond donors (Lipinski definition) is 2. The molecule has 0 aliphatic rings. The number of nitrogens with one attached hydrogen (secondary N) is 1. The van der Waals surface area contributed by atoms with E-state index in [1.807, 2.05) is 13.0 Å². The van der Waals surface area contributed by atoms with Gasteiger partial charge in [0.1, 0.15) is 6.54 Å². The predicted octanol–water partition coefficient (Wildman–Crippen LogP) is 1.50. The van der Waals surface area contributed by atoms with Gasteiger partial charge in [-0.2, -0.15) is 0 Å². The second kappa shape index (κ2) is 7.35. The molecule has 8 heteroatoms. The zero-order valence-electron chi connectivity index (χ0n) is 13.9. The van der Waals surface area contributed by atoms with Crippen LogP contribution >= 0.6 is 0 Å². The number of rotatable bonds is 6. The van der Waals surface area contributed by atoms with Crippen molar-refractivity contribution in [2.75, 3.05) is 22.4 Å². The Hall–Kier alpha value is -2.87. The van der Waals surface area contributed by atoms with Gasteiger partial charge in [-0.25, -0.2) is 8.42 Å². The van der Waals surface area contributed by atoms with Crippen LogP contribution in [-0.2, 0) is 14.8 Å². The standard InChI is InChI=1S/C17H19N3O4S/c1-12-4-3-5-15(10-12)20(25(2,23)24)11-16(21)19-14-8-6-13(7-9-14)17(18)22/h3-10H,11H2,1-2H3,(H2,18,22)(H,19,21). The summed E-state index contributed by atoms with van der Waals surface area (Å²) in [6, 6.07) is 12.9. The average molecular weight is 361 g/mol. The van der Waals surface area contributed by atoms with Gasteiger partial charge in [0.05, 0.1) is 11.9 Å². The fourth-order valence-electron chi connectivity index (χ4n) is 2.23. The van der Waals surface area contributed by atoms with Crippen LogP contribution in [0.5, 0.6) is 0 Å². The molecule has 0 spiro atoms. The van der Waals surface area contributed by atoms with Crippen LogP contribution in [-0.4, -0.2) is 33.0 Å². The number of carbonyl (C=O) groups is 2. The van der Waals surface area contributed by atoms with Crippen LogP contribution in [0.3, 0.4) is 0 Å². The Morgan fingerprint density at radius 3 is 2.28 bits per heavy atom. The van der Waals surface area contributed by atoms with Gasteiger partial charge in [0.2, 0.25) is 21.8 Å². The van der Waals surface area contributed by atoms with E-state index < -0.39 is 21.8 Å². The molecular weight excluding hydrogens is 342 g/mol. The number of aryl methyl sites for hydroxylation is 1. The highest BCUT2D eigenvalue weighted by Gasteiger charge is 2.21. The van der Waals surface area contributed by atoms with Crippen molar-refractivity contribution in [1.82, 2.24) is 0 Å². The van der Waals surface area contributed by atoms with E-state index in [0.29, 0.717) is 16.9 Å². The van der Waals surface area contributed by atoms with E-state index in [9.17, 15) is 18.0 Å². The van der Waals surface area contributed by atoms with E-state index in [4.69, 9.17) is 5.73 Å². The maximum atomic E-state index is 12.2. The van der Waals surface area contributed by atoms with Crippen LogP contribution < -0.4 is 15.4 Å². The number of sulfonamides is 1. The van der Waals surface area contributed by atoms with Crippen LogP contribution in [0.4, 0.5) is 11.4 Å². The van der Waals surface area contributed by atoms with Crippen molar-refractivity contribution in [1.29, 1.82) is 0 Å². The zero-order chi connectivity index (χ0) is 18.6. The fourth-order valence-corrected chi connectivity index (χ4v) is 3.08. The molecule has 0 aromatic heterocycles. The number of carbonyl (C=O) groups excluding carboxylic acids is 2. The third-order valence-electron chi connectivity index (χ3n) is 3.43. The summed E-state index contributed by atoms with van der Waals surface area (Å²) in [5.74, 6) is -1.07. The van der Waals surface area contributed by atoms with E-state index in [2.05, 4.69) is 5.32 Å². The molecular formula is C17H19N3O4S. The highest BCUT2D eigenvalue weighted by Crippen LogP contribution is 2.19. The molecule has 0 radical (unpaired) electrons. The first kappa shape index (κ1) is 18.5. The molecule has 0 aliphatic heterocycles. The number of benzene rings is 2. The van der Waals surface area contributed by atoms with Crippen molar-refractivity contribution in [3.63, 3.8) is 0 Å². The Morgan fingerprint density at radius 1 is 1.12 bits per heavy atom. The Morgan fingerprint density at radius 2 is 1.76 bits per heavy atom. The lowest BCUT2D eigenvalue weighted by atomic mass is 10.2. The van der Waals surface area contributed by atoms with Gasteiger partial charge in [0, 0.05) is 11.3 Å². The Kier molecular flexibility index (Phi) is 5.43. The summed E-state index contributed by atoms with van der Waals surface area (Å²) >= 11 is 0. The lowest BCUT2D eigenvalue weighted by molar-refractivity contribution is -0.114. The normalized spacial score (nSPS) is 11.0. The molecule has 0 bridgehead atoms. The third-order valence-corrected chi connectivity index (χ3v) is 4.57. The second-order valence-electron chi connectivity index (χ2n) is 5.60. The average Bonchev–Trinajstić information content (AvgIpc) is 2.52. The molecule has 25 heavy (non-hydrogen) atoms. The van der Waals surface area contributed by atoms with E-state index in [1.54, 1.807) is 18.2 Å². The summed E-state index contributed by atoms with van der Waals surface area (Å²) in [6.07, 6.45) is 1.05. The Labute approximate surface area is 146 Å². The van der Waals surface area contributed by atoms with Crippen molar-refractivity contribution >= 4 is 33.2 Å². The summed E-state index contributed by atoms with van der Waals surface area (Å²) < 4.78 is 25.1. The van der Waals surface area contributed by atoms with E-state index >= 15 is 0 Å². The lowest BCUT2D eigenvalue weighted by Crippen LogP contribution is -2.37. The predicted molar refractivity (Wildman–Crippen MR) is 97.0 cm³/mol. The van der Waals surface area contributed by atoms with Crippen molar-refractivity contribution < 1.29 is 18.0 Å². The smallest absolute Gasteiger partial charge is 0.248 e. The summed E-state index contributed by atoms with van der Waals surface area (Å²) in [4.78, 5) is 23.3. The van der Waals surface area contributed by atoms with Gasteiger partial charge in [-0.1, -0.05) is 12.1 Å². The molecule has 2 aromatic carbocycles. The van der Waals surface area contributed by atoms with Gasteiger partial charge >= 0.3 is 0 Å². The molecule has 0 unspecified atom stereocenters. The molecule has 0 aliphatic carbocycles. The maximum absolute atomic E-state index is 12.2. The minimum absolute atomic E-state index is 0.315. The summed E-state index contributed by atoms with van der Waals surface area (Å²) in [7, 11) is -3.63. The number of nitrogens with two attached hydrogens (primary N) is 1. The summed E-state index contributed by atoms with van der Waals surface area (Å²) in [5.41, 5.74) is 7.21. The van der Waals surface area contributed by atoms with E-state index in [-0.39, 0.29) is 6.54 Å². The minimum atomic E-state index is -3.63. The highest BCUT2D eigenvalue weighted by atomic mass is 32.2. The number of anilines is 2. The number of hydrogen-bond acceptors (Lipinski definition) is 4. The summed E-state index contributed by atoms with van der Waals surface area (Å²) in [6.45, 7) is 1.48. The largest absolute Gasteiger partial charge is 0.366 e. The Balaban J connectivity index is 2.16. The first-order valence-corrected chi connectivity index (χ1v) is 9.26. The van der Waals surface area contributed by atoms with Gasteiger partial charge in [-0.3, -0.25) is 13.9 Å². The molecule has 0 fully saturated rings. The van der Waals surface area contributed by atoms with Gasteiger partial charge < -0.3 is 11.1 Å². The number of amides is 2. The molecule has 0 saturated heterocycles. The van der Waals surface area contributed by atoms with Crippen LogP contribution in [0.15, 0.2) is 48.5 Å². The summed E-state index contributed by atoms with van der Waals surface area (Å²) in [5, 5.41) is 2.60. The Bertz CT molecular complexity index is 892. The SMILES string of the molecule is Cc1cccc(N(CC(=O)Nc2ccc(C(N)=O)cc2)S(C)(=O)=O)c1. The molecule has 2 amide bonds. The second-order valence-corrected chi connectivity index (χ2v) is 7.51. The van der Waals surface area contributed by atoms with E-state index in [1.165, 1.54) is 24.3 Å². The topological polar surface area (TPSA) is 110 Å². The maximum Gasteiger partial charge on any atom is 0.248 e. The quantitative estimate of drug-likeness (QED) is 0.812. The number of primary amides is 1. The molecule has 2 rings (SSSR count). The van der Waals surface area contributed by atoms with Crippen LogP contribution in [0.25, 0.3) is 0 Å². The molecule has 0 atom stereocenters. The third kappa shape index (κ3) is 5.05. The molecule has 2 aromatic rings. The molecule has 3 N–H and O–H groups in total. The minimum Gasteiger partial charge on any atom is -0.366 e. The lowest BCUT2D eigenvalue weighted by Gasteiger charge is -2.22. The molecule has 0 heterocycles. The van der Waals surface area contributed by atoms with Crippen LogP contribution in [0.2, 0.25) is 0 Å². The van der Waals surface area contributed by atoms with Crippen molar-refractivity contribution in [3.8, 4) is 0 Å². The number of nitrogens with zero attached hydrogens (tertiary/aromatic N) is 1. The first-order valence-electron chi connectivity index (χ1n) is 7.41. The molecule has 0 saturated carbocycles. The highest BCUT2D eigenvalue weighted by molar-refractivity contribution is 7.92. The molecule has 132 valence electrons. The van der Waals surface area contributed by atoms with Crippen molar-refractivity contribution in [2.45, 2.75) is 6.92 Å². The van der Waals surface area contributed by atoms with Gasteiger partial charge in [0.15, 0.2) is 0 Å². The van der Waals surface area contributed by atoms with Gasteiger partial charge in [-0.05, 0) is 48.9 Å². The van der Waals surface area contributed by atoms with Crippen LogP contribution in [0, 0.1) is 6.92 Å². The van der Waals surface area contributed by atoms with Crippen LogP contribution in [0.1, 0.15) is 15.9 Å². The van der Waals surface area contributed by atoms with E-state index in [0.717, 1.165) is 16.1 Å². The van der Waals surface area contributed by atoms with Crippen molar-refractivity contribution in [3.05, 3.63) is 59.7 Å². The monoisotopic (exact) mass is 361 g/mol.